The van der Waals surface area contributed by atoms with Crippen molar-refractivity contribution in [1.82, 2.24) is 0 Å². The minimum atomic E-state index is 0.716. The van der Waals surface area contributed by atoms with Crippen molar-refractivity contribution < 1.29 is 0 Å². The van der Waals surface area contributed by atoms with Crippen LogP contribution < -0.4 is 0 Å². The molecule has 0 fully saturated rings. The monoisotopic (exact) mass is 144 g/mol. The van der Waals surface area contributed by atoms with Gasteiger partial charge in [0.25, 0.3) is 0 Å². The van der Waals surface area contributed by atoms with Crippen molar-refractivity contribution >= 4 is 11.6 Å². The number of alkyl halides is 1. The minimum Gasteiger partial charge on any atom is -0.126 e. The van der Waals surface area contributed by atoms with Crippen molar-refractivity contribution in [2.45, 2.75) is 20.3 Å². The van der Waals surface area contributed by atoms with E-state index >= 15 is 0 Å². The summed E-state index contributed by atoms with van der Waals surface area (Å²) in [4.78, 5) is 0. The summed E-state index contributed by atoms with van der Waals surface area (Å²) < 4.78 is 0. The largest absolute Gasteiger partial charge is 0.126 e. The molecule has 0 amide bonds. The van der Waals surface area contributed by atoms with Crippen molar-refractivity contribution in [3.8, 4) is 0 Å². The summed E-state index contributed by atoms with van der Waals surface area (Å²) in [6.07, 6.45) is 7.21. The Kier molecular flexibility index (Phi) is 5.75. The molecule has 0 rings (SSSR count). The van der Waals surface area contributed by atoms with E-state index in [1.807, 2.05) is 6.92 Å². The third kappa shape index (κ3) is 5.64. The molecule has 0 N–H and O–H groups in total. The fourth-order valence-corrected chi connectivity index (χ4v) is 0.554. The van der Waals surface area contributed by atoms with Crippen LogP contribution in [0, 0.1) is 0 Å². The van der Waals surface area contributed by atoms with Crippen LogP contribution in [0.1, 0.15) is 20.3 Å². The Morgan fingerprint density at radius 2 is 2.22 bits per heavy atom. The van der Waals surface area contributed by atoms with Crippen LogP contribution in [0.5, 0.6) is 0 Å². The number of rotatable bonds is 3. The first kappa shape index (κ1) is 8.77. The van der Waals surface area contributed by atoms with Gasteiger partial charge in [0, 0.05) is 5.88 Å². The highest BCUT2D eigenvalue weighted by Gasteiger charge is 1.76. The summed E-state index contributed by atoms with van der Waals surface area (Å²) in [7, 11) is 0. The normalized spacial score (nSPS) is 13.0. The fourth-order valence-electron chi connectivity index (χ4n) is 0.428. The first-order valence-corrected chi connectivity index (χ1v) is 3.70. The van der Waals surface area contributed by atoms with E-state index in [9.17, 15) is 0 Å². The third-order valence-corrected chi connectivity index (χ3v) is 1.33. The van der Waals surface area contributed by atoms with E-state index in [2.05, 4.69) is 25.2 Å². The lowest BCUT2D eigenvalue weighted by Gasteiger charge is -1.85. The maximum atomic E-state index is 5.46. The van der Waals surface area contributed by atoms with E-state index in [0.717, 1.165) is 6.42 Å². The van der Waals surface area contributed by atoms with E-state index in [4.69, 9.17) is 11.6 Å². The molecular weight excluding hydrogens is 132 g/mol. The molecule has 0 aromatic rings. The molecule has 0 aliphatic rings. The van der Waals surface area contributed by atoms with Crippen molar-refractivity contribution in [2.24, 2.45) is 0 Å². The van der Waals surface area contributed by atoms with Crippen LogP contribution in [0.25, 0.3) is 0 Å². The number of allylic oxidation sites excluding steroid dienone is 4. The molecule has 52 valence electrons. The first-order chi connectivity index (χ1) is 4.31. The van der Waals surface area contributed by atoms with Gasteiger partial charge in [0.2, 0.25) is 0 Å². The first-order valence-electron chi connectivity index (χ1n) is 3.16. The van der Waals surface area contributed by atoms with Crippen LogP contribution in [-0.2, 0) is 0 Å². The molecule has 0 radical (unpaired) electrons. The van der Waals surface area contributed by atoms with Crippen molar-refractivity contribution in [3.05, 3.63) is 23.8 Å². The standard InChI is InChI=1S/C8H13Cl/c1-3-8(2)6-4-5-7-9/h3-4,6H,5,7H2,1-2H3/b6-4-,8-3-. The second-order valence-corrected chi connectivity index (χ2v) is 2.29. The predicted octanol–water partition coefficient (Wildman–Crippen LogP) is 3.14. The lowest BCUT2D eigenvalue weighted by atomic mass is 10.2. The van der Waals surface area contributed by atoms with Crippen LogP contribution >= 0.6 is 11.6 Å². The van der Waals surface area contributed by atoms with Gasteiger partial charge in [0.1, 0.15) is 0 Å². The van der Waals surface area contributed by atoms with Crippen molar-refractivity contribution in [1.29, 1.82) is 0 Å². The Morgan fingerprint density at radius 1 is 1.56 bits per heavy atom. The number of hydrogen-bond donors (Lipinski definition) is 0. The molecule has 0 aliphatic carbocycles. The fraction of sp³-hybridized carbons (Fsp3) is 0.500. The van der Waals surface area contributed by atoms with Crippen LogP contribution in [-0.4, -0.2) is 5.88 Å². The van der Waals surface area contributed by atoms with Crippen LogP contribution in [0.15, 0.2) is 23.8 Å². The zero-order chi connectivity index (χ0) is 7.11. The highest BCUT2D eigenvalue weighted by molar-refractivity contribution is 6.17. The summed E-state index contributed by atoms with van der Waals surface area (Å²) >= 11 is 5.46. The zero-order valence-electron chi connectivity index (χ0n) is 6.02. The molecule has 0 nitrogen and oxygen atoms in total. The minimum absolute atomic E-state index is 0.716. The SMILES string of the molecule is C/C=C(C)\C=C/CCCl. The van der Waals surface area contributed by atoms with E-state index < -0.39 is 0 Å². The van der Waals surface area contributed by atoms with Gasteiger partial charge in [0.05, 0.1) is 0 Å². The van der Waals surface area contributed by atoms with Crippen LogP contribution in [0.2, 0.25) is 0 Å². The number of halogens is 1. The molecule has 1 heteroatoms. The molecular formula is C8H13Cl. The highest BCUT2D eigenvalue weighted by Crippen LogP contribution is 1.95. The van der Waals surface area contributed by atoms with Gasteiger partial charge in [-0.3, -0.25) is 0 Å². The molecule has 0 bridgehead atoms. The quantitative estimate of drug-likeness (QED) is 0.422. The summed E-state index contributed by atoms with van der Waals surface area (Å²) in [5.74, 6) is 0.716. The molecule has 0 aromatic heterocycles. The highest BCUT2D eigenvalue weighted by atomic mass is 35.5. The predicted molar refractivity (Wildman–Crippen MR) is 43.9 cm³/mol. The maximum Gasteiger partial charge on any atom is 0.0258 e. The lowest BCUT2D eigenvalue weighted by Crippen LogP contribution is -1.68. The lowest BCUT2D eigenvalue weighted by molar-refractivity contribution is 1.23. The topological polar surface area (TPSA) is 0 Å². The Bertz CT molecular complexity index is 112. The average molecular weight is 145 g/mol. The molecule has 0 unspecified atom stereocenters. The van der Waals surface area contributed by atoms with Gasteiger partial charge in [-0.25, -0.2) is 0 Å². The maximum absolute atomic E-state index is 5.46. The Balaban J connectivity index is 3.45. The van der Waals surface area contributed by atoms with Gasteiger partial charge >= 0.3 is 0 Å². The molecule has 0 spiro atoms. The van der Waals surface area contributed by atoms with Gasteiger partial charge in [-0.1, -0.05) is 23.8 Å². The zero-order valence-corrected chi connectivity index (χ0v) is 6.78. The van der Waals surface area contributed by atoms with E-state index in [0.29, 0.717) is 5.88 Å². The Morgan fingerprint density at radius 3 is 2.67 bits per heavy atom. The van der Waals surface area contributed by atoms with E-state index in [1.165, 1.54) is 5.57 Å². The average Bonchev–Trinajstić information content (AvgIpc) is 1.89. The molecule has 0 saturated carbocycles. The second-order valence-electron chi connectivity index (χ2n) is 1.91. The van der Waals surface area contributed by atoms with Gasteiger partial charge < -0.3 is 0 Å². The molecule has 0 saturated heterocycles. The van der Waals surface area contributed by atoms with Crippen LogP contribution in [0.3, 0.4) is 0 Å². The molecule has 0 heterocycles. The van der Waals surface area contributed by atoms with E-state index in [1.54, 1.807) is 0 Å². The summed E-state index contributed by atoms with van der Waals surface area (Å²) in [6, 6.07) is 0. The molecule has 9 heavy (non-hydrogen) atoms. The third-order valence-electron chi connectivity index (χ3n) is 1.11. The van der Waals surface area contributed by atoms with Crippen LogP contribution in [0.4, 0.5) is 0 Å². The summed E-state index contributed by atoms with van der Waals surface area (Å²) in [5.41, 5.74) is 1.29. The molecule has 0 aliphatic heterocycles. The molecule has 0 atom stereocenters. The van der Waals surface area contributed by atoms with Gasteiger partial charge in [-0.15, -0.1) is 11.6 Å². The summed E-state index contributed by atoms with van der Waals surface area (Å²) in [6.45, 7) is 4.10. The van der Waals surface area contributed by atoms with Gasteiger partial charge in [0.15, 0.2) is 0 Å². The van der Waals surface area contributed by atoms with E-state index in [-0.39, 0.29) is 0 Å². The van der Waals surface area contributed by atoms with Gasteiger partial charge in [-0.2, -0.15) is 0 Å². The second kappa shape index (κ2) is 5.90. The molecule has 0 aromatic carbocycles. The van der Waals surface area contributed by atoms with Crippen molar-refractivity contribution in [2.75, 3.05) is 5.88 Å². The summed E-state index contributed by atoms with van der Waals surface area (Å²) in [5, 5.41) is 0. The smallest absolute Gasteiger partial charge is 0.0258 e. The number of hydrogen-bond acceptors (Lipinski definition) is 0. The Labute approximate surface area is 62.2 Å². The van der Waals surface area contributed by atoms with Crippen molar-refractivity contribution in [3.63, 3.8) is 0 Å². The Hall–Kier alpha value is -0.230. The van der Waals surface area contributed by atoms with Gasteiger partial charge in [-0.05, 0) is 20.3 Å².